The van der Waals surface area contributed by atoms with Crippen molar-refractivity contribution in [1.82, 2.24) is 10.2 Å². The maximum atomic E-state index is 12.5. The van der Waals surface area contributed by atoms with Crippen LogP contribution in [0, 0.1) is 5.92 Å². The van der Waals surface area contributed by atoms with Gasteiger partial charge in [0.2, 0.25) is 11.8 Å². The quantitative estimate of drug-likeness (QED) is 0.789. The summed E-state index contributed by atoms with van der Waals surface area (Å²) in [6, 6.07) is 0. The lowest BCUT2D eigenvalue weighted by atomic mass is 9.91. The van der Waals surface area contributed by atoms with Crippen LogP contribution in [0.4, 0.5) is 0 Å². The first-order valence-corrected chi connectivity index (χ1v) is 8.39. The van der Waals surface area contributed by atoms with Gasteiger partial charge in [0.25, 0.3) is 0 Å². The summed E-state index contributed by atoms with van der Waals surface area (Å²) in [4.78, 5) is 25.9. The van der Waals surface area contributed by atoms with Crippen LogP contribution in [0.5, 0.6) is 0 Å². The number of carbonyl (C=O) groups is 2. The van der Waals surface area contributed by atoms with Gasteiger partial charge in [0.05, 0.1) is 6.54 Å². The average Bonchev–Trinajstić information content (AvgIpc) is 3.15. The second-order valence-corrected chi connectivity index (χ2v) is 7.65. The number of piperazine rings is 1. The molecule has 0 bridgehead atoms. The summed E-state index contributed by atoms with van der Waals surface area (Å²) in [6.45, 7) is 4.38. The zero-order chi connectivity index (χ0) is 14.2. The van der Waals surface area contributed by atoms with Crippen LogP contribution in [0.1, 0.15) is 33.1 Å². The zero-order valence-electron chi connectivity index (χ0n) is 11.8. The Kier molecular flexibility index (Phi) is 3.99. The molecule has 0 aromatic heterocycles. The summed E-state index contributed by atoms with van der Waals surface area (Å²) >= 11 is 0. The lowest BCUT2D eigenvalue weighted by molar-refractivity contribution is -0.150. The molecule has 2 fully saturated rings. The molecule has 1 N–H and O–H groups in total. The van der Waals surface area contributed by atoms with Crippen LogP contribution in [-0.2, 0) is 20.4 Å². The Balaban J connectivity index is 2.01. The standard InChI is InChI=1S/C13H22N2O3S/c1-9(19(3)18)6-7-15-8-11(16)14-13(2,12(15)17)10-4-5-10/h9-10H,4-8H2,1-3H3,(H,14,16). The molecule has 2 rings (SSSR count). The first-order chi connectivity index (χ1) is 8.84. The molecule has 1 heterocycles. The molecule has 1 aliphatic carbocycles. The molecule has 0 radical (unpaired) electrons. The first kappa shape index (κ1) is 14.5. The minimum atomic E-state index is -0.889. The van der Waals surface area contributed by atoms with Crippen molar-refractivity contribution in [2.75, 3.05) is 19.3 Å². The number of amides is 2. The number of rotatable bonds is 5. The minimum absolute atomic E-state index is 0.0173. The predicted molar refractivity (Wildman–Crippen MR) is 74.0 cm³/mol. The third-order valence-electron chi connectivity index (χ3n) is 4.23. The maximum absolute atomic E-state index is 12.5. The molecule has 1 aliphatic heterocycles. The molecule has 3 unspecified atom stereocenters. The Morgan fingerprint density at radius 1 is 1.47 bits per heavy atom. The van der Waals surface area contributed by atoms with E-state index in [4.69, 9.17) is 0 Å². The Hall–Kier alpha value is -0.910. The van der Waals surface area contributed by atoms with Gasteiger partial charge in [-0.1, -0.05) is 6.92 Å². The predicted octanol–water partition coefficient (Wildman–Crippen LogP) is 0.271. The highest BCUT2D eigenvalue weighted by molar-refractivity contribution is 7.84. The Bertz CT molecular complexity index is 422. The van der Waals surface area contributed by atoms with Crippen molar-refractivity contribution in [3.63, 3.8) is 0 Å². The van der Waals surface area contributed by atoms with Crippen molar-refractivity contribution in [2.24, 2.45) is 5.92 Å². The van der Waals surface area contributed by atoms with Crippen LogP contribution >= 0.6 is 0 Å². The summed E-state index contributed by atoms with van der Waals surface area (Å²) in [7, 11) is -0.889. The van der Waals surface area contributed by atoms with E-state index in [1.165, 1.54) is 0 Å². The van der Waals surface area contributed by atoms with Crippen molar-refractivity contribution in [3.05, 3.63) is 0 Å². The Labute approximate surface area is 116 Å². The van der Waals surface area contributed by atoms with Crippen molar-refractivity contribution in [1.29, 1.82) is 0 Å². The Morgan fingerprint density at radius 2 is 2.11 bits per heavy atom. The minimum Gasteiger partial charge on any atom is -0.340 e. The molecule has 1 saturated carbocycles. The van der Waals surface area contributed by atoms with E-state index in [1.54, 1.807) is 11.2 Å². The third-order valence-corrected chi connectivity index (χ3v) is 5.60. The fraction of sp³-hybridized carbons (Fsp3) is 0.846. The van der Waals surface area contributed by atoms with Gasteiger partial charge in [-0.3, -0.25) is 13.8 Å². The van der Waals surface area contributed by atoms with E-state index in [9.17, 15) is 13.8 Å². The van der Waals surface area contributed by atoms with Crippen LogP contribution in [0.3, 0.4) is 0 Å². The van der Waals surface area contributed by atoms with E-state index in [-0.39, 0.29) is 29.5 Å². The summed E-state index contributed by atoms with van der Waals surface area (Å²) in [5.41, 5.74) is -0.718. The monoisotopic (exact) mass is 286 g/mol. The molecule has 108 valence electrons. The first-order valence-electron chi connectivity index (χ1n) is 6.77. The second kappa shape index (κ2) is 5.23. The normalized spacial score (nSPS) is 31.0. The molecule has 0 spiro atoms. The van der Waals surface area contributed by atoms with Crippen molar-refractivity contribution in [2.45, 2.75) is 43.9 Å². The fourth-order valence-corrected chi connectivity index (χ4v) is 3.02. The van der Waals surface area contributed by atoms with Crippen LogP contribution in [-0.4, -0.2) is 51.1 Å². The average molecular weight is 286 g/mol. The summed E-state index contributed by atoms with van der Waals surface area (Å²) in [5, 5.41) is 2.90. The highest BCUT2D eigenvalue weighted by Crippen LogP contribution is 2.41. The third kappa shape index (κ3) is 2.99. The molecule has 5 nitrogen and oxygen atoms in total. The van der Waals surface area contributed by atoms with E-state index >= 15 is 0 Å². The number of nitrogens with one attached hydrogen (secondary N) is 1. The van der Waals surface area contributed by atoms with E-state index in [0.717, 1.165) is 12.8 Å². The van der Waals surface area contributed by atoms with E-state index in [1.807, 2.05) is 13.8 Å². The summed E-state index contributed by atoms with van der Waals surface area (Å²) in [6.07, 6.45) is 4.35. The molecule has 6 heteroatoms. The maximum Gasteiger partial charge on any atom is 0.248 e. The molecular weight excluding hydrogens is 264 g/mol. The van der Waals surface area contributed by atoms with Gasteiger partial charge in [0.1, 0.15) is 5.54 Å². The Morgan fingerprint density at radius 3 is 2.63 bits per heavy atom. The van der Waals surface area contributed by atoms with Gasteiger partial charge in [-0.25, -0.2) is 0 Å². The van der Waals surface area contributed by atoms with E-state index < -0.39 is 16.3 Å². The molecular formula is C13H22N2O3S. The lowest BCUT2D eigenvalue weighted by Crippen LogP contribution is -2.66. The number of hydrogen-bond donors (Lipinski definition) is 1. The number of nitrogens with zero attached hydrogens (tertiary/aromatic N) is 1. The molecule has 2 aliphatic rings. The van der Waals surface area contributed by atoms with Crippen molar-refractivity contribution < 1.29 is 13.8 Å². The molecule has 0 aromatic carbocycles. The largest absolute Gasteiger partial charge is 0.340 e. The molecule has 3 atom stereocenters. The number of hydrogen-bond acceptors (Lipinski definition) is 3. The van der Waals surface area contributed by atoms with Crippen LogP contribution < -0.4 is 5.32 Å². The van der Waals surface area contributed by atoms with Crippen LogP contribution in [0.25, 0.3) is 0 Å². The van der Waals surface area contributed by atoms with Gasteiger partial charge >= 0.3 is 0 Å². The highest BCUT2D eigenvalue weighted by atomic mass is 32.2. The van der Waals surface area contributed by atoms with Crippen LogP contribution in [0.15, 0.2) is 0 Å². The lowest BCUT2D eigenvalue weighted by Gasteiger charge is -2.40. The summed E-state index contributed by atoms with van der Waals surface area (Å²) < 4.78 is 11.3. The van der Waals surface area contributed by atoms with E-state index in [0.29, 0.717) is 13.0 Å². The SMILES string of the molecule is CC(CCN1CC(=O)NC(C)(C2CC2)C1=O)S(C)=O. The smallest absolute Gasteiger partial charge is 0.248 e. The van der Waals surface area contributed by atoms with E-state index in [2.05, 4.69) is 5.32 Å². The van der Waals surface area contributed by atoms with Crippen molar-refractivity contribution >= 4 is 22.6 Å². The molecule has 1 saturated heterocycles. The fourth-order valence-electron chi connectivity index (χ4n) is 2.58. The second-order valence-electron chi connectivity index (χ2n) is 5.85. The number of carbonyl (C=O) groups excluding carboxylic acids is 2. The van der Waals surface area contributed by atoms with Gasteiger partial charge in [-0.15, -0.1) is 0 Å². The molecule has 2 amide bonds. The van der Waals surface area contributed by atoms with Gasteiger partial charge in [-0.05, 0) is 32.1 Å². The van der Waals surface area contributed by atoms with Crippen LogP contribution in [0.2, 0.25) is 0 Å². The van der Waals surface area contributed by atoms with Crippen molar-refractivity contribution in [3.8, 4) is 0 Å². The summed E-state index contributed by atoms with van der Waals surface area (Å²) in [5.74, 6) is 0.215. The van der Waals surface area contributed by atoms with Gasteiger partial charge in [0, 0.05) is 28.9 Å². The van der Waals surface area contributed by atoms with Gasteiger partial charge in [0.15, 0.2) is 0 Å². The topological polar surface area (TPSA) is 66.5 Å². The highest BCUT2D eigenvalue weighted by Gasteiger charge is 2.52. The van der Waals surface area contributed by atoms with Gasteiger partial charge in [-0.2, -0.15) is 0 Å². The molecule has 19 heavy (non-hydrogen) atoms. The zero-order valence-corrected chi connectivity index (χ0v) is 12.6. The molecule has 0 aromatic rings. The van der Waals surface area contributed by atoms with Gasteiger partial charge < -0.3 is 10.2 Å².